The lowest BCUT2D eigenvalue weighted by atomic mass is 9.82. The van der Waals surface area contributed by atoms with E-state index in [2.05, 4.69) is 194 Å². The van der Waals surface area contributed by atoms with Crippen molar-refractivity contribution in [2.45, 2.75) is 172 Å². The Morgan fingerprint density at radius 3 is 0.652 bits per heavy atom. The zero-order valence-corrected chi connectivity index (χ0v) is 43.3. The van der Waals surface area contributed by atoms with E-state index in [-0.39, 0.29) is 23.7 Å². The molecule has 66 heavy (non-hydrogen) atoms. The highest BCUT2D eigenvalue weighted by Crippen LogP contribution is 2.43. The van der Waals surface area contributed by atoms with Gasteiger partial charge in [-0.1, -0.05) is 191 Å². The van der Waals surface area contributed by atoms with E-state index in [1.54, 1.807) is 0 Å². The Morgan fingerprint density at radius 2 is 0.485 bits per heavy atom. The van der Waals surface area contributed by atoms with Crippen LogP contribution in [0, 0.1) is 13.8 Å². The molecule has 0 saturated carbocycles. The molecule has 6 rings (SSSR count). The van der Waals surface area contributed by atoms with Gasteiger partial charge in [0.2, 0.25) is 0 Å². The van der Waals surface area contributed by atoms with Crippen LogP contribution in [-0.2, 0) is 51.4 Å². The second-order valence-corrected chi connectivity index (χ2v) is 19.2. The Bertz CT molecular complexity index is 2230. The third-order valence-electron chi connectivity index (χ3n) is 14.5. The summed E-state index contributed by atoms with van der Waals surface area (Å²) in [5.41, 5.74) is 26.3. The molecule has 2 heteroatoms. The molecule has 0 saturated heterocycles. The van der Waals surface area contributed by atoms with E-state index in [0.717, 1.165) is 62.7 Å². The van der Waals surface area contributed by atoms with Crippen molar-refractivity contribution in [1.82, 2.24) is 0 Å². The van der Waals surface area contributed by atoms with Gasteiger partial charge >= 0.3 is 0 Å². The molecule has 0 N–H and O–H groups in total. The summed E-state index contributed by atoms with van der Waals surface area (Å²) >= 11 is 0. The standard InChI is InChI=1S/C64H80N2/c1-15-47-29-48(16-2)34-55(33-47)43(11)59-25-41(9)26-60(44(12)56-35-49(17-3)30-50(18-4)36-56)63(59)65-23-24-66-64-61(45(13)57-37-51(19-5)31-52(20-6)38-57)27-42(10)28-62(64)46(14)58-39-53(21-7)32-54(22-8)40-58/h23-40,43-46H,15-22H2,1-14H3/b65-23+,66-24+/t43-,44-,45-,46-/m1/s1. The van der Waals surface area contributed by atoms with Gasteiger partial charge in [-0.15, -0.1) is 0 Å². The van der Waals surface area contributed by atoms with Crippen molar-refractivity contribution in [3.8, 4) is 0 Å². The van der Waals surface area contributed by atoms with Crippen molar-refractivity contribution in [2.75, 3.05) is 0 Å². The van der Waals surface area contributed by atoms with Crippen LogP contribution < -0.4 is 0 Å². The molecule has 0 spiro atoms. The average molecular weight is 877 g/mol. The molecule has 0 aliphatic rings. The molecule has 0 heterocycles. The molecule has 0 amide bonds. The Morgan fingerprint density at radius 1 is 0.303 bits per heavy atom. The largest absolute Gasteiger partial charge is 0.255 e. The van der Waals surface area contributed by atoms with Gasteiger partial charge in [-0.2, -0.15) is 0 Å². The van der Waals surface area contributed by atoms with Crippen LogP contribution in [-0.4, -0.2) is 12.4 Å². The quantitative estimate of drug-likeness (QED) is 0.0725. The number of rotatable bonds is 19. The minimum Gasteiger partial charge on any atom is -0.255 e. The molecule has 0 aliphatic carbocycles. The minimum absolute atomic E-state index is 0.153. The number of hydrogen-bond donors (Lipinski definition) is 0. The summed E-state index contributed by atoms with van der Waals surface area (Å²) in [7, 11) is 0. The van der Waals surface area contributed by atoms with Gasteiger partial charge in [-0.25, -0.2) is 0 Å². The molecule has 0 fully saturated rings. The monoisotopic (exact) mass is 877 g/mol. The summed E-state index contributed by atoms with van der Waals surface area (Å²) in [4.78, 5) is 11.1. The van der Waals surface area contributed by atoms with Crippen molar-refractivity contribution in [3.05, 3.63) is 197 Å². The normalized spacial score (nSPS) is 13.7. The molecule has 2 nitrogen and oxygen atoms in total. The van der Waals surface area contributed by atoms with Gasteiger partial charge < -0.3 is 0 Å². The molecule has 0 bridgehead atoms. The van der Waals surface area contributed by atoms with Gasteiger partial charge in [-0.05, 0) is 154 Å². The second kappa shape index (κ2) is 22.9. The molecular weight excluding hydrogens is 797 g/mol. The number of nitrogens with zero attached hydrogens (tertiary/aromatic N) is 2. The number of benzene rings is 6. The van der Waals surface area contributed by atoms with Crippen molar-refractivity contribution in [3.63, 3.8) is 0 Å². The van der Waals surface area contributed by atoms with Crippen molar-refractivity contribution < 1.29 is 0 Å². The Balaban J connectivity index is 1.56. The number of aliphatic imine (C=N–C) groups is 2. The SMILES string of the molecule is CCc1cc(CC)cc([C@@H](C)c2cc(C)cc([C@H](C)c3cc(CC)cc(CC)c3)c2/N=C/C=N/c2c([C@H](C)c3cc(CC)cc(CC)c3)cc(C)cc2[C@H](C)c2cc(CC)cc(CC)c2)c1. The highest BCUT2D eigenvalue weighted by atomic mass is 14.8. The van der Waals surface area contributed by atoms with Crippen LogP contribution in [0.15, 0.2) is 107 Å². The van der Waals surface area contributed by atoms with Crippen LogP contribution in [0.1, 0.15) is 207 Å². The van der Waals surface area contributed by atoms with Gasteiger partial charge in [0.05, 0.1) is 11.4 Å². The minimum atomic E-state index is 0.153. The first-order valence-electron chi connectivity index (χ1n) is 25.6. The molecule has 0 aliphatic heterocycles. The predicted molar refractivity (Wildman–Crippen MR) is 290 cm³/mol. The Labute approximate surface area is 401 Å². The maximum absolute atomic E-state index is 5.53. The first kappa shape index (κ1) is 50.1. The van der Waals surface area contributed by atoms with Crippen LogP contribution in [0.25, 0.3) is 0 Å². The van der Waals surface area contributed by atoms with Crippen LogP contribution in [0.5, 0.6) is 0 Å². The number of aryl methyl sites for hydroxylation is 10. The fraction of sp³-hybridized carbons (Fsp3) is 0.406. The highest BCUT2D eigenvalue weighted by Gasteiger charge is 2.24. The van der Waals surface area contributed by atoms with Gasteiger partial charge in [0.15, 0.2) is 0 Å². The van der Waals surface area contributed by atoms with E-state index in [1.807, 2.05) is 12.4 Å². The van der Waals surface area contributed by atoms with Gasteiger partial charge in [0.25, 0.3) is 0 Å². The maximum atomic E-state index is 5.53. The molecule has 346 valence electrons. The first-order valence-corrected chi connectivity index (χ1v) is 25.6. The summed E-state index contributed by atoms with van der Waals surface area (Å²) in [6.45, 7) is 32.1. The third-order valence-corrected chi connectivity index (χ3v) is 14.5. The van der Waals surface area contributed by atoms with Gasteiger partial charge in [0.1, 0.15) is 0 Å². The molecule has 0 radical (unpaired) electrons. The van der Waals surface area contributed by atoms with E-state index < -0.39 is 0 Å². The van der Waals surface area contributed by atoms with E-state index in [9.17, 15) is 0 Å². The molecule has 6 aromatic carbocycles. The fourth-order valence-corrected chi connectivity index (χ4v) is 10.0. The topological polar surface area (TPSA) is 24.7 Å². The molecule has 4 atom stereocenters. The van der Waals surface area contributed by atoms with Crippen molar-refractivity contribution >= 4 is 23.8 Å². The zero-order chi connectivity index (χ0) is 47.7. The van der Waals surface area contributed by atoms with Crippen LogP contribution in [0.2, 0.25) is 0 Å². The van der Waals surface area contributed by atoms with E-state index in [4.69, 9.17) is 9.98 Å². The zero-order valence-electron chi connectivity index (χ0n) is 43.3. The number of hydrogen-bond acceptors (Lipinski definition) is 2. The predicted octanol–water partition coefficient (Wildman–Crippen LogP) is 17.5. The van der Waals surface area contributed by atoms with Gasteiger partial charge in [0, 0.05) is 36.1 Å². The lowest BCUT2D eigenvalue weighted by molar-refractivity contribution is 0.873. The van der Waals surface area contributed by atoms with E-state index in [1.165, 1.54) is 100 Å². The molecule has 0 aromatic heterocycles. The highest BCUT2D eigenvalue weighted by molar-refractivity contribution is 6.17. The van der Waals surface area contributed by atoms with Crippen molar-refractivity contribution in [2.24, 2.45) is 9.98 Å². The van der Waals surface area contributed by atoms with Crippen LogP contribution in [0.3, 0.4) is 0 Å². The summed E-state index contributed by atoms with van der Waals surface area (Å²) in [6.07, 6.45) is 12.1. The summed E-state index contributed by atoms with van der Waals surface area (Å²) in [5, 5.41) is 0. The van der Waals surface area contributed by atoms with Crippen LogP contribution >= 0.6 is 0 Å². The van der Waals surface area contributed by atoms with Crippen LogP contribution in [0.4, 0.5) is 11.4 Å². The van der Waals surface area contributed by atoms with E-state index >= 15 is 0 Å². The first-order chi connectivity index (χ1) is 31.8. The summed E-state index contributed by atoms with van der Waals surface area (Å²) in [6, 6.07) is 38.4. The molecular formula is C64H80N2. The summed E-state index contributed by atoms with van der Waals surface area (Å²) in [5.74, 6) is 0.614. The smallest absolute Gasteiger partial charge is 0.0706 e. The molecule has 6 aromatic rings. The lowest BCUT2D eigenvalue weighted by Gasteiger charge is -2.24. The lowest BCUT2D eigenvalue weighted by Crippen LogP contribution is -2.06. The fourth-order valence-electron chi connectivity index (χ4n) is 10.0. The maximum Gasteiger partial charge on any atom is 0.0706 e. The Kier molecular flexibility index (Phi) is 17.4. The average Bonchev–Trinajstić information content (AvgIpc) is 3.35. The molecule has 0 unspecified atom stereocenters. The van der Waals surface area contributed by atoms with Crippen molar-refractivity contribution in [1.29, 1.82) is 0 Å². The van der Waals surface area contributed by atoms with E-state index in [0.29, 0.717) is 0 Å². The second-order valence-electron chi connectivity index (χ2n) is 19.2. The summed E-state index contributed by atoms with van der Waals surface area (Å²) < 4.78 is 0. The third kappa shape index (κ3) is 11.6. The van der Waals surface area contributed by atoms with Gasteiger partial charge in [-0.3, -0.25) is 9.98 Å². The Hall–Kier alpha value is -5.34.